The van der Waals surface area contributed by atoms with Gasteiger partial charge in [0.05, 0.1) is 17.1 Å². The van der Waals surface area contributed by atoms with Crippen molar-refractivity contribution in [3.63, 3.8) is 0 Å². The number of aromatic nitrogens is 3. The highest BCUT2D eigenvalue weighted by atomic mass is 16.3. The number of aryl methyl sites for hydroxylation is 1. The molecule has 1 unspecified atom stereocenters. The molecule has 4 nitrogen and oxygen atoms in total. The van der Waals surface area contributed by atoms with E-state index in [0.29, 0.717) is 6.42 Å². The number of fused-ring (bicyclic) bond motifs is 1. The molecule has 0 spiro atoms. The minimum Gasteiger partial charge on any atom is -0.388 e. The van der Waals surface area contributed by atoms with Crippen LogP contribution in [0.2, 0.25) is 0 Å². The first-order valence-electron chi connectivity index (χ1n) is 6.24. The zero-order valence-corrected chi connectivity index (χ0v) is 10.7. The van der Waals surface area contributed by atoms with Gasteiger partial charge >= 0.3 is 0 Å². The normalized spacial score (nSPS) is 12.7. The third-order valence-electron chi connectivity index (χ3n) is 3.35. The second-order valence-corrected chi connectivity index (χ2v) is 4.58. The van der Waals surface area contributed by atoms with E-state index in [4.69, 9.17) is 0 Å². The van der Waals surface area contributed by atoms with Crippen molar-refractivity contribution in [1.82, 2.24) is 14.5 Å². The second kappa shape index (κ2) is 4.82. The minimum absolute atomic E-state index is 0.495. The molecular formula is C15H15N3O. The maximum Gasteiger partial charge on any atom is 0.112 e. The highest BCUT2D eigenvalue weighted by Crippen LogP contribution is 2.20. The van der Waals surface area contributed by atoms with Crippen LogP contribution in [0, 0.1) is 0 Å². The van der Waals surface area contributed by atoms with Crippen LogP contribution in [0.5, 0.6) is 0 Å². The van der Waals surface area contributed by atoms with Crippen molar-refractivity contribution in [3.8, 4) is 0 Å². The summed E-state index contributed by atoms with van der Waals surface area (Å²) in [6, 6.07) is 11.6. The van der Waals surface area contributed by atoms with Crippen LogP contribution in [-0.4, -0.2) is 19.6 Å². The highest BCUT2D eigenvalue weighted by molar-refractivity contribution is 5.75. The Bertz CT molecular complexity index is 691. The SMILES string of the molecule is Cn1c(CC(O)c2ccncc2)nc2ccccc21. The number of nitrogens with zero attached hydrogens (tertiary/aromatic N) is 3. The lowest BCUT2D eigenvalue weighted by atomic mass is 10.1. The summed E-state index contributed by atoms with van der Waals surface area (Å²) in [7, 11) is 1.98. The van der Waals surface area contributed by atoms with Gasteiger partial charge in [-0.1, -0.05) is 12.1 Å². The standard InChI is InChI=1S/C15H15N3O/c1-18-13-5-3-2-4-12(13)17-15(18)10-14(19)11-6-8-16-9-7-11/h2-9,14,19H,10H2,1H3. The Morgan fingerprint density at radius 1 is 1.16 bits per heavy atom. The van der Waals surface area contributed by atoms with Gasteiger partial charge in [-0.15, -0.1) is 0 Å². The Morgan fingerprint density at radius 3 is 2.63 bits per heavy atom. The highest BCUT2D eigenvalue weighted by Gasteiger charge is 2.13. The third kappa shape index (κ3) is 2.22. The Morgan fingerprint density at radius 2 is 1.89 bits per heavy atom. The summed E-state index contributed by atoms with van der Waals surface area (Å²) >= 11 is 0. The van der Waals surface area contributed by atoms with E-state index in [1.165, 1.54) is 0 Å². The zero-order chi connectivity index (χ0) is 13.2. The second-order valence-electron chi connectivity index (χ2n) is 4.58. The van der Waals surface area contributed by atoms with Gasteiger partial charge in [-0.3, -0.25) is 4.98 Å². The summed E-state index contributed by atoms with van der Waals surface area (Å²) in [5.41, 5.74) is 2.91. The van der Waals surface area contributed by atoms with Crippen molar-refractivity contribution in [2.45, 2.75) is 12.5 Å². The first-order valence-corrected chi connectivity index (χ1v) is 6.24. The van der Waals surface area contributed by atoms with Crippen LogP contribution >= 0.6 is 0 Å². The van der Waals surface area contributed by atoms with Crippen molar-refractivity contribution >= 4 is 11.0 Å². The predicted octanol–water partition coefficient (Wildman–Crippen LogP) is 2.24. The smallest absolute Gasteiger partial charge is 0.112 e. The van der Waals surface area contributed by atoms with Gasteiger partial charge in [-0.25, -0.2) is 4.98 Å². The molecule has 0 aliphatic carbocycles. The molecule has 4 heteroatoms. The number of aliphatic hydroxyl groups is 1. The van der Waals surface area contributed by atoms with E-state index in [1.807, 2.05) is 48.0 Å². The van der Waals surface area contributed by atoms with E-state index in [9.17, 15) is 5.11 Å². The molecule has 0 aliphatic heterocycles. The van der Waals surface area contributed by atoms with E-state index in [2.05, 4.69) is 9.97 Å². The quantitative estimate of drug-likeness (QED) is 0.779. The van der Waals surface area contributed by atoms with Gasteiger partial charge in [0.1, 0.15) is 5.82 Å². The molecule has 0 radical (unpaired) electrons. The Hall–Kier alpha value is -2.20. The van der Waals surface area contributed by atoms with Crippen molar-refractivity contribution in [2.24, 2.45) is 7.05 Å². The third-order valence-corrected chi connectivity index (χ3v) is 3.35. The number of aliphatic hydroxyl groups excluding tert-OH is 1. The largest absolute Gasteiger partial charge is 0.388 e. The van der Waals surface area contributed by atoms with Crippen molar-refractivity contribution < 1.29 is 5.11 Å². The molecule has 96 valence electrons. The average molecular weight is 253 g/mol. The van der Waals surface area contributed by atoms with Gasteiger partial charge in [-0.05, 0) is 29.8 Å². The summed E-state index contributed by atoms with van der Waals surface area (Å²) in [4.78, 5) is 8.52. The summed E-state index contributed by atoms with van der Waals surface area (Å²) in [6.45, 7) is 0. The molecule has 2 heterocycles. The molecule has 0 fully saturated rings. The monoisotopic (exact) mass is 253 g/mol. The zero-order valence-electron chi connectivity index (χ0n) is 10.7. The average Bonchev–Trinajstić information content (AvgIpc) is 2.77. The van der Waals surface area contributed by atoms with Crippen molar-refractivity contribution in [3.05, 3.63) is 60.2 Å². The minimum atomic E-state index is -0.557. The Labute approximate surface area is 111 Å². The maximum absolute atomic E-state index is 10.2. The van der Waals surface area contributed by atoms with E-state index in [-0.39, 0.29) is 0 Å². The summed E-state index contributed by atoms with van der Waals surface area (Å²) < 4.78 is 2.03. The predicted molar refractivity (Wildman–Crippen MR) is 73.6 cm³/mol. The van der Waals surface area contributed by atoms with Gasteiger partial charge in [0.2, 0.25) is 0 Å². The van der Waals surface area contributed by atoms with Crippen LogP contribution in [0.3, 0.4) is 0 Å². The number of imidazole rings is 1. The first-order chi connectivity index (χ1) is 9.25. The molecule has 19 heavy (non-hydrogen) atoms. The van der Waals surface area contributed by atoms with Gasteiger partial charge in [0.25, 0.3) is 0 Å². The van der Waals surface area contributed by atoms with Crippen LogP contribution in [0.15, 0.2) is 48.8 Å². The fraction of sp³-hybridized carbons (Fsp3) is 0.200. The lowest BCUT2D eigenvalue weighted by molar-refractivity contribution is 0.175. The van der Waals surface area contributed by atoms with Gasteiger partial charge in [0, 0.05) is 25.9 Å². The van der Waals surface area contributed by atoms with Crippen LogP contribution in [0.1, 0.15) is 17.5 Å². The summed E-state index contributed by atoms with van der Waals surface area (Å²) in [5, 5.41) is 10.2. The van der Waals surface area contributed by atoms with Crippen LogP contribution < -0.4 is 0 Å². The first kappa shape index (κ1) is 11.9. The van der Waals surface area contributed by atoms with Crippen LogP contribution in [-0.2, 0) is 13.5 Å². The molecule has 1 aromatic carbocycles. The lowest BCUT2D eigenvalue weighted by Crippen LogP contribution is -2.06. The number of hydrogen-bond acceptors (Lipinski definition) is 3. The maximum atomic E-state index is 10.2. The summed E-state index contributed by atoms with van der Waals surface area (Å²) in [5.74, 6) is 0.880. The molecule has 3 aromatic rings. The van der Waals surface area contributed by atoms with E-state index < -0.39 is 6.10 Å². The lowest BCUT2D eigenvalue weighted by Gasteiger charge is -2.10. The van der Waals surface area contributed by atoms with Crippen molar-refractivity contribution in [2.75, 3.05) is 0 Å². The topological polar surface area (TPSA) is 50.9 Å². The van der Waals surface area contributed by atoms with Gasteiger partial charge in [-0.2, -0.15) is 0 Å². The molecule has 3 rings (SSSR count). The molecule has 2 aromatic heterocycles. The number of rotatable bonds is 3. The number of hydrogen-bond donors (Lipinski definition) is 1. The molecule has 0 aliphatic rings. The Kier molecular flexibility index (Phi) is 3.01. The molecule has 0 saturated heterocycles. The molecule has 0 saturated carbocycles. The van der Waals surface area contributed by atoms with Gasteiger partial charge in [0.15, 0.2) is 0 Å². The van der Waals surface area contributed by atoms with Crippen LogP contribution in [0.25, 0.3) is 11.0 Å². The fourth-order valence-electron chi connectivity index (χ4n) is 2.25. The van der Waals surface area contributed by atoms with E-state index in [1.54, 1.807) is 12.4 Å². The molecule has 0 bridgehead atoms. The van der Waals surface area contributed by atoms with Crippen LogP contribution in [0.4, 0.5) is 0 Å². The summed E-state index contributed by atoms with van der Waals surface area (Å²) in [6.07, 6.45) is 3.31. The molecule has 1 atom stereocenters. The number of benzene rings is 1. The van der Waals surface area contributed by atoms with Crippen molar-refractivity contribution in [1.29, 1.82) is 0 Å². The van der Waals surface area contributed by atoms with Gasteiger partial charge < -0.3 is 9.67 Å². The number of para-hydroxylation sites is 2. The Balaban J connectivity index is 1.91. The molecular weight excluding hydrogens is 238 g/mol. The number of pyridine rings is 1. The van der Waals surface area contributed by atoms with E-state index in [0.717, 1.165) is 22.4 Å². The molecule has 0 amide bonds. The fourth-order valence-corrected chi connectivity index (χ4v) is 2.25. The van der Waals surface area contributed by atoms with E-state index >= 15 is 0 Å². The molecule has 1 N–H and O–H groups in total.